The number of amides is 1. The maximum Gasteiger partial charge on any atom is 0.263 e. The van der Waals surface area contributed by atoms with Gasteiger partial charge >= 0.3 is 0 Å². The second-order valence-corrected chi connectivity index (χ2v) is 8.40. The molecule has 1 aromatic carbocycles. The largest absolute Gasteiger partial charge is 0.487 e. The number of pyridine rings is 1. The first-order chi connectivity index (χ1) is 14.7. The van der Waals surface area contributed by atoms with E-state index in [1.54, 1.807) is 11.7 Å². The van der Waals surface area contributed by atoms with Gasteiger partial charge in [-0.05, 0) is 49.6 Å². The number of hydrogen-bond acceptors (Lipinski definition) is 6. The number of hydrogen-bond donors (Lipinski definition) is 1. The van der Waals surface area contributed by atoms with Crippen LogP contribution in [0.4, 0.5) is 0 Å². The number of aromatic nitrogens is 2. The van der Waals surface area contributed by atoms with Gasteiger partial charge in [0.25, 0.3) is 5.91 Å². The molecular weight excluding hydrogens is 396 g/mol. The third-order valence-corrected chi connectivity index (χ3v) is 6.24. The third-order valence-electron chi connectivity index (χ3n) is 5.32. The second-order valence-electron chi connectivity index (χ2n) is 7.54. The van der Waals surface area contributed by atoms with Gasteiger partial charge in [0.2, 0.25) is 0 Å². The van der Waals surface area contributed by atoms with E-state index in [4.69, 9.17) is 4.74 Å². The number of carbonyl (C=O) groups excluding carboxylic acids is 1. The van der Waals surface area contributed by atoms with Crippen molar-refractivity contribution >= 4 is 17.2 Å². The van der Waals surface area contributed by atoms with E-state index in [1.807, 2.05) is 37.3 Å². The number of likely N-dealkylation sites (tertiary alicyclic amines) is 1. The molecule has 30 heavy (non-hydrogen) atoms. The van der Waals surface area contributed by atoms with Gasteiger partial charge < -0.3 is 10.1 Å². The molecule has 0 atom stereocenters. The van der Waals surface area contributed by atoms with E-state index in [0.29, 0.717) is 6.61 Å². The van der Waals surface area contributed by atoms with Crippen molar-refractivity contribution in [2.45, 2.75) is 39.0 Å². The lowest BCUT2D eigenvalue weighted by Gasteiger charge is -2.32. The molecule has 0 radical (unpaired) electrons. The fourth-order valence-corrected chi connectivity index (χ4v) is 4.30. The van der Waals surface area contributed by atoms with Crippen LogP contribution in [0.5, 0.6) is 5.75 Å². The first-order valence-electron chi connectivity index (χ1n) is 10.2. The summed E-state index contributed by atoms with van der Waals surface area (Å²) in [5, 5.41) is 3.16. The van der Waals surface area contributed by atoms with Crippen LogP contribution in [0.15, 0.2) is 54.2 Å². The Bertz CT molecular complexity index is 951. The minimum atomic E-state index is 0.00902. The second kappa shape index (κ2) is 9.82. The van der Waals surface area contributed by atoms with Crippen LogP contribution in [0.25, 0.3) is 0 Å². The minimum absolute atomic E-state index is 0.00902. The Morgan fingerprint density at radius 3 is 2.63 bits per heavy atom. The Kier molecular flexibility index (Phi) is 6.71. The van der Waals surface area contributed by atoms with E-state index >= 15 is 0 Å². The molecule has 0 bridgehead atoms. The number of thiazole rings is 1. The molecule has 1 aliphatic rings. The molecule has 156 valence electrons. The lowest BCUT2D eigenvalue weighted by Crippen LogP contribution is -2.44. The number of rotatable bonds is 7. The summed E-state index contributed by atoms with van der Waals surface area (Å²) in [4.78, 5) is 24.0. The van der Waals surface area contributed by atoms with Gasteiger partial charge in [-0.2, -0.15) is 0 Å². The molecular formula is C23H26N4O2S. The summed E-state index contributed by atoms with van der Waals surface area (Å²) < 4.78 is 5.81. The molecule has 1 aliphatic heterocycles. The van der Waals surface area contributed by atoms with E-state index in [0.717, 1.165) is 54.5 Å². The maximum absolute atomic E-state index is 12.4. The number of nitrogens with zero attached hydrogens (tertiary/aromatic N) is 3. The monoisotopic (exact) mass is 422 g/mol. The maximum atomic E-state index is 12.4. The van der Waals surface area contributed by atoms with Crippen LogP contribution in [-0.2, 0) is 13.2 Å². The van der Waals surface area contributed by atoms with E-state index in [2.05, 4.69) is 32.3 Å². The first kappa shape index (κ1) is 20.5. The highest BCUT2D eigenvalue weighted by atomic mass is 32.1. The van der Waals surface area contributed by atoms with Crippen molar-refractivity contribution < 1.29 is 9.53 Å². The molecule has 2 aromatic heterocycles. The molecule has 1 N–H and O–H groups in total. The fourth-order valence-electron chi connectivity index (χ4n) is 3.60. The summed E-state index contributed by atoms with van der Waals surface area (Å²) in [6.45, 7) is 5.22. The molecule has 3 heterocycles. The van der Waals surface area contributed by atoms with Crippen LogP contribution in [-0.4, -0.2) is 39.9 Å². The molecule has 4 rings (SSSR count). The Hall–Kier alpha value is -2.77. The number of carbonyl (C=O) groups is 1. The van der Waals surface area contributed by atoms with Gasteiger partial charge in [0.1, 0.15) is 17.2 Å². The van der Waals surface area contributed by atoms with Gasteiger partial charge in [-0.15, -0.1) is 11.3 Å². The molecule has 1 fully saturated rings. The van der Waals surface area contributed by atoms with Crippen LogP contribution >= 0.6 is 11.3 Å². The Morgan fingerprint density at radius 1 is 1.17 bits per heavy atom. The summed E-state index contributed by atoms with van der Waals surface area (Å²) >= 11 is 1.40. The number of aryl methyl sites for hydroxylation is 1. The van der Waals surface area contributed by atoms with Gasteiger partial charge in [0.05, 0.1) is 16.9 Å². The van der Waals surface area contributed by atoms with Crippen LogP contribution in [0.2, 0.25) is 0 Å². The van der Waals surface area contributed by atoms with Crippen LogP contribution in [0, 0.1) is 6.92 Å². The number of nitrogens with one attached hydrogen (secondary N) is 1. The van der Waals surface area contributed by atoms with Crippen molar-refractivity contribution in [3.05, 3.63) is 76.0 Å². The Labute approximate surface area is 180 Å². The highest BCUT2D eigenvalue weighted by molar-refractivity contribution is 7.11. The van der Waals surface area contributed by atoms with Gasteiger partial charge in [-0.3, -0.25) is 14.7 Å². The van der Waals surface area contributed by atoms with Crippen molar-refractivity contribution in [1.29, 1.82) is 0 Å². The van der Waals surface area contributed by atoms with Crippen molar-refractivity contribution in [3.63, 3.8) is 0 Å². The van der Waals surface area contributed by atoms with Crippen LogP contribution < -0.4 is 10.1 Å². The van der Waals surface area contributed by atoms with E-state index in [1.165, 1.54) is 16.9 Å². The summed E-state index contributed by atoms with van der Waals surface area (Å²) in [5.41, 5.74) is 4.72. The average Bonchev–Trinajstić information content (AvgIpc) is 3.21. The highest BCUT2D eigenvalue weighted by Gasteiger charge is 2.22. The Morgan fingerprint density at radius 2 is 1.97 bits per heavy atom. The number of piperidine rings is 1. The summed E-state index contributed by atoms with van der Waals surface area (Å²) in [6, 6.07) is 14.3. The topological polar surface area (TPSA) is 67.4 Å². The molecule has 0 unspecified atom stereocenters. The predicted octanol–water partition coefficient (Wildman–Crippen LogP) is 3.82. The lowest BCUT2D eigenvalue weighted by atomic mass is 10.0. The molecule has 1 amide bonds. The molecule has 0 saturated carbocycles. The molecule has 7 heteroatoms. The predicted molar refractivity (Wildman–Crippen MR) is 118 cm³/mol. The van der Waals surface area contributed by atoms with Crippen LogP contribution in [0.1, 0.15) is 39.5 Å². The number of ether oxygens (including phenoxy) is 1. The lowest BCUT2D eigenvalue weighted by molar-refractivity contribution is 0.0912. The third kappa shape index (κ3) is 5.43. The van der Waals surface area contributed by atoms with Gasteiger partial charge in [0.15, 0.2) is 0 Å². The van der Waals surface area contributed by atoms with E-state index in [-0.39, 0.29) is 11.9 Å². The standard InChI is InChI=1S/C23H26N4O2S/c1-17-22(30-16-25-17)23(28)26-19-9-12-27(13-10-19)14-18-5-7-21(8-6-18)29-15-20-4-2-3-11-24-20/h2-8,11,16,19H,9-10,12-15H2,1H3,(H,26,28). The molecule has 0 aliphatic carbocycles. The summed E-state index contributed by atoms with van der Waals surface area (Å²) in [7, 11) is 0. The van der Waals surface area contributed by atoms with Crippen molar-refractivity contribution in [3.8, 4) is 5.75 Å². The fraction of sp³-hybridized carbons (Fsp3) is 0.348. The Balaban J connectivity index is 1.21. The summed E-state index contributed by atoms with van der Waals surface area (Å²) in [5.74, 6) is 0.860. The van der Waals surface area contributed by atoms with E-state index < -0.39 is 0 Å². The first-order valence-corrected chi connectivity index (χ1v) is 11.1. The van der Waals surface area contributed by atoms with Gasteiger partial charge in [-0.25, -0.2) is 4.98 Å². The van der Waals surface area contributed by atoms with Crippen molar-refractivity contribution in [1.82, 2.24) is 20.2 Å². The minimum Gasteiger partial charge on any atom is -0.487 e. The SMILES string of the molecule is Cc1ncsc1C(=O)NC1CCN(Cc2ccc(OCc3ccccn3)cc2)CC1. The van der Waals surface area contributed by atoms with Crippen molar-refractivity contribution in [2.75, 3.05) is 13.1 Å². The molecule has 0 spiro atoms. The zero-order valence-corrected chi connectivity index (χ0v) is 17.9. The average molecular weight is 423 g/mol. The smallest absolute Gasteiger partial charge is 0.263 e. The zero-order valence-electron chi connectivity index (χ0n) is 17.1. The van der Waals surface area contributed by atoms with Crippen molar-refractivity contribution in [2.24, 2.45) is 0 Å². The van der Waals surface area contributed by atoms with E-state index in [9.17, 15) is 4.79 Å². The number of benzene rings is 1. The van der Waals surface area contributed by atoms with Gasteiger partial charge in [0, 0.05) is 31.9 Å². The van der Waals surface area contributed by atoms with Crippen LogP contribution in [0.3, 0.4) is 0 Å². The zero-order chi connectivity index (χ0) is 20.8. The highest BCUT2D eigenvalue weighted by Crippen LogP contribution is 2.19. The molecule has 1 saturated heterocycles. The van der Waals surface area contributed by atoms with Gasteiger partial charge in [-0.1, -0.05) is 18.2 Å². The molecule has 6 nitrogen and oxygen atoms in total. The molecule has 3 aromatic rings. The normalized spacial score (nSPS) is 15.1. The quantitative estimate of drug-likeness (QED) is 0.627. The summed E-state index contributed by atoms with van der Waals surface area (Å²) in [6.07, 6.45) is 3.71.